The minimum Gasteiger partial charge on any atom is -0.460 e. The Labute approximate surface area is 123 Å². The van der Waals surface area contributed by atoms with Gasteiger partial charge in [0.25, 0.3) is 0 Å². The summed E-state index contributed by atoms with van der Waals surface area (Å²) in [6.45, 7) is 1.53. The average Bonchev–Trinajstić information content (AvgIpc) is 2.52. The molecular formula is C17H17NO3. The number of nitrogens with one attached hydrogen (secondary N) is 1. The SMILES string of the molecule is CC(=O)NC(COC(=O)c1ccccc1)c1ccccc1. The summed E-state index contributed by atoms with van der Waals surface area (Å²) in [5.74, 6) is -0.568. The molecule has 108 valence electrons. The monoisotopic (exact) mass is 283 g/mol. The highest BCUT2D eigenvalue weighted by molar-refractivity contribution is 5.89. The summed E-state index contributed by atoms with van der Waals surface area (Å²) in [5.41, 5.74) is 1.39. The molecule has 0 saturated heterocycles. The fourth-order valence-electron chi connectivity index (χ4n) is 1.97. The van der Waals surface area contributed by atoms with Crippen LogP contribution in [0.1, 0.15) is 28.9 Å². The maximum atomic E-state index is 11.9. The molecule has 2 aromatic carbocycles. The summed E-state index contributed by atoms with van der Waals surface area (Å²) in [6, 6.07) is 17.8. The summed E-state index contributed by atoms with van der Waals surface area (Å²) in [5, 5.41) is 2.79. The Morgan fingerprint density at radius 1 is 1.00 bits per heavy atom. The number of rotatable bonds is 5. The van der Waals surface area contributed by atoms with Crippen molar-refractivity contribution < 1.29 is 14.3 Å². The van der Waals surface area contributed by atoms with Crippen LogP contribution in [0.5, 0.6) is 0 Å². The van der Waals surface area contributed by atoms with Gasteiger partial charge in [-0.2, -0.15) is 0 Å². The molecule has 0 heterocycles. The molecule has 0 aromatic heterocycles. The van der Waals surface area contributed by atoms with E-state index in [1.807, 2.05) is 36.4 Å². The molecule has 0 bridgehead atoms. The molecule has 0 aliphatic rings. The van der Waals surface area contributed by atoms with Crippen LogP contribution in [0.25, 0.3) is 0 Å². The summed E-state index contributed by atoms with van der Waals surface area (Å²) >= 11 is 0. The van der Waals surface area contributed by atoms with Gasteiger partial charge in [-0.25, -0.2) is 4.79 Å². The van der Waals surface area contributed by atoms with Crippen LogP contribution >= 0.6 is 0 Å². The number of carbonyl (C=O) groups is 2. The van der Waals surface area contributed by atoms with Crippen molar-refractivity contribution in [1.82, 2.24) is 5.32 Å². The first-order valence-electron chi connectivity index (χ1n) is 6.71. The number of ether oxygens (including phenoxy) is 1. The van der Waals surface area contributed by atoms with E-state index in [4.69, 9.17) is 4.74 Å². The number of benzene rings is 2. The van der Waals surface area contributed by atoms with E-state index in [1.165, 1.54) is 6.92 Å². The number of amides is 1. The van der Waals surface area contributed by atoms with Gasteiger partial charge in [-0.3, -0.25) is 4.79 Å². The van der Waals surface area contributed by atoms with Crippen LogP contribution in [-0.2, 0) is 9.53 Å². The number of carbonyl (C=O) groups excluding carboxylic acids is 2. The minimum absolute atomic E-state index is 0.0946. The van der Waals surface area contributed by atoms with Gasteiger partial charge in [-0.15, -0.1) is 0 Å². The van der Waals surface area contributed by atoms with Crippen molar-refractivity contribution in [3.8, 4) is 0 Å². The highest BCUT2D eigenvalue weighted by Crippen LogP contribution is 2.14. The lowest BCUT2D eigenvalue weighted by molar-refractivity contribution is -0.120. The van der Waals surface area contributed by atoms with Crippen molar-refractivity contribution in [1.29, 1.82) is 0 Å². The van der Waals surface area contributed by atoms with E-state index in [-0.39, 0.29) is 18.6 Å². The smallest absolute Gasteiger partial charge is 0.338 e. The fraction of sp³-hybridized carbons (Fsp3) is 0.176. The second-order valence-electron chi connectivity index (χ2n) is 4.63. The van der Waals surface area contributed by atoms with Gasteiger partial charge in [-0.1, -0.05) is 48.5 Å². The van der Waals surface area contributed by atoms with Crippen LogP contribution < -0.4 is 5.32 Å². The molecule has 1 atom stereocenters. The number of hydrogen-bond acceptors (Lipinski definition) is 3. The summed E-state index contributed by atoms with van der Waals surface area (Å²) in [6.07, 6.45) is 0. The topological polar surface area (TPSA) is 55.4 Å². The average molecular weight is 283 g/mol. The molecule has 2 rings (SSSR count). The second kappa shape index (κ2) is 7.24. The first-order chi connectivity index (χ1) is 10.2. The quantitative estimate of drug-likeness (QED) is 0.858. The van der Waals surface area contributed by atoms with Gasteiger partial charge in [0.2, 0.25) is 5.91 Å². The fourth-order valence-corrected chi connectivity index (χ4v) is 1.97. The van der Waals surface area contributed by atoms with Gasteiger partial charge >= 0.3 is 5.97 Å². The van der Waals surface area contributed by atoms with Gasteiger partial charge < -0.3 is 10.1 Å². The Balaban J connectivity index is 2.03. The van der Waals surface area contributed by atoms with Gasteiger partial charge in [0.15, 0.2) is 0 Å². The van der Waals surface area contributed by atoms with Crippen molar-refractivity contribution in [2.24, 2.45) is 0 Å². The van der Waals surface area contributed by atoms with Gasteiger partial charge in [0, 0.05) is 6.92 Å². The van der Waals surface area contributed by atoms with Gasteiger partial charge in [0.05, 0.1) is 11.6 Å². The standard InChI is InChI=1S/C17H17NO3/c1-13(19)18-16(14-8-4-2-5-9-14)12-21-17(20)15-10-6-3-7-11-15/h2-11,16H,12H2,1H3,(H,18,19). The zero-order chi connectivity index (χ0) is 15.1. The van der Waals surface area contributed by atoms with Crippen LogP contribution in [0, 0.1) is 0 Å². The first kappa shape index (κ1) is 14.8. The number of esters is 1. The van der Waals surface area contributed by atoms with E-state index in [0.717, 1.165) is 5.56 Å². The lowest BCUT2D eigenvalue weighted by Gasteiger charge is -2.18. The molecule has 1 amide bonds. The Bertz CT molecular complexity index is 596. The van der Waals surface area contributed by atoms with Crippen LogP contribution in [0.15, 0.2) is 60.7 Å². The predicted molar refractivity (Wildman–Crippen MR) is 79.7 cm³/mol. The van der Waals surface area contributed by atoms with Crippen molar-refractivity contribution in [2.75, 3.05) is 6.61 Å². The van der Waals surface area contributed by atoms with E-state index in [9.17, 15) is 9.59 Å². The molecule has 0 fully saturated rings. The second-order valence-corrected chi connectivity index (χ2v) is 4.63. The Hall–Kier alpha value is -2.62. The third-order valence-corrected chi connectivity index (χ3v) is 2.97. The highest BCUT2D eigenvalue weighted by Gasteiger charge is 2.15. The summed E-state index contributed by atoms with van der Waals surface area (Å²) < 4.78 is 5.29. The predicted octanol–water partition coefficient (Wildman–Crippen LogP) is 2.72. The molecule has 0 saturated carbocycles. The van der Waals surface area contributed by atoms with Crippen LogP contribution in [0.3, 0.4) is 0 Å². The molecule has 4 nitrogen and oxygen atoms in total. The highest BCUT2D eigenvalue weighted by atomic mass is 16.5. The van der Waals surface area contributed by atoms with Crippen molar-refractivity contribution in [2.45, 2.75) is 13.0 Å². The van der Waals surface area contributed by atoms with E-state index in [0.29, 0.717) is 5.56 Å². The summed E-state index contributed by atoms with van der Waals surface area (Å²) in [4.78, 5) is 23.2. The Morgan fingerprint density at radius 3 is 2.14 bits per heavy atom. The Morgan fingerprint density at radius 2 is 1.57 bits per heavy atom. The molecule has 1 N–H and O–H groups in total. The zero-order valence-electron chi connectivity index (χ0n) is 11.8. The minimum atomic E-state index is -0.401. The molecule has 2 aromatic rings. The molecule has 0 radical (unpaired) electrons. The van der Waals surface area contributed by atoms with E-state index < -0.39 is 5.97 Å². The molecular weight excluding hydrogens is 266 g/mol. The zero-order valence-corrected chi connectivity index (χ0v) is 11.8. The van der Waals surface area contributed by atoms with Crippen LogP contribution in [-0.4, -0.2) is 18.5 Å². The summed E-state index contributed by atoms with van der Waals surface area (Å²) in [7, 11) is 0. The number of hydrogen-bond donors (Lipinski definition) is 1. The van der Waals surface area contributed by atoms with Crippen LogP contribution in [0.2, 0.25) is 0 Å². The lowest BCUT2D eigenvalue weighted by atomic mass is 10.1. The van der Waals surface area contributed by atoms with E-state index in [1.54, 1.807) is 24.3 Å². The molecule has 0 aliphatic heterocycles. The van der Waals surface area contributed by atoms with Crippen molar-refractivity contribution >= 4 is 11.9 Å². The maximum absolute atomic E-state index is 11.9. The first-order valence-corrected chi connectivity index (χ1v) is 6.71. The van der Waals surface area contributed by atoms with E-state index >= 15 is 0 Å². The third kappa shape index (κ3) is 4.45. The van der Waals surface area contributed by atoms with Gasteiger partial charge in [-0.05, 0) is 17.7 Å². The molecule has 0 aliphatic carbocycles. The van der Waals surface area contributed by atoms with E-state index in [2.05, 4.69) is 5.32 Å². The van der Waals surface area contributed by atoms with Crippen molar-refractivity contribution in [3.63, 3.8) is 0 Å². The molecule has 1 unspecified atom stereocenters. The molecule has 0 spiro atoms. The largest absolute Gasteiger partial charge is 0.460 e. The molecule has 21 heavy (non-hydrogen) atoms. The third-order valence-electron chi connectivity index (χ3n) is 2.97. The van der Waals surface area contributed by atoms with Crippen molar-refractivity contribution in [3.05, 3.63) is 71.8 Å². The molecule has 4 heteroatoms. The Kier molecular flexibility index (Phi) is 5.10. The van der Waals surface area contributed by atoms with Crippen LogP contribution in [0.4, 0.5) is 0 Å². The lowest BCUT2D eigenvalue weighted by Crippen LogP contribution is -2.30. The normalized spacial score (nSPS) is 11.5. The maximum Gasteiger partial charge on any atom is 0.338 e. The van der Waals surface area contributed by atoms with Gasteiger partial charge in [0.1, 0.15) is 6.61 Å².